The summed E-state index contributed by atoms with van der Waals surface area (Å²) >= 11 is 0. The van der Waals surface area contributed by atoms with Crippen molar-refractivity contribution in [1.29, 1.82) is 0 Å². The van der Waals surface area contributed by atoms with Crippen molar-refractivity contribution < 1.29 is 9.84 Å². The Morgan fingerprint density at radius 2 is 2.05 bits per heavy atom. The van der Waals surface area contributed by atoms with Crippen molar-refractivity contribution in [3.05, 3.63) is 29.3 Å². The third kappa shape index (κ3) is 2.96. The van der Waals surface area contributed by atoms with Crippen LogP contribution in [0.3, 0.4) is 0 Å². The van der Waals surface area contributed by atoms with Crippen molar-refractivity contribution in [2.24, 2.45) is 11.8 Å². The van der Waals surface area contributed by atoms with Crippen molar-refractivity contribution in [2.45, 2.75) is 71.0 Å². The lowest BCUT2D eigenvalue weighted by Crippen LogP contribution is -2.40. The molecule has 3 atom stereocenters. The molecule has 0 radical (unpaired) electrons. The number of hydrogen-bond acceptors (Lipinski definition) is 2. The zero-order valence-corrected chi connectivity index (χ0v) is 13.6. The summed E-state index contributed by atoms with van der Waals surface area (Å²) < 4.78 is 6.43. The van der Waals surface area contributed by atoms with Crippen molar-refractivity contribution in [3.8, 4) is 5.75 Å². The fourth-order valence-corrected chi connectivity index (χ4v) is 4.14. The smallest absolute Gasteiger partial charge is 0.125 e. The fraction of sp³-hybridized carbons (Fsp3) is 0.684. The van der Waals surface area contributed by atoms with Crippen molar-refractivity contribution in [3.63, 3.8) is 0 Å². The molecule has 2 unspecified atom stereocenters. The van der Waals surface area contributed by atoms with E-state index in [1.807, 2.05) is 6.07 Å². The summed E-state index contributed by atoms with van der Waals surface area (Å²) in [6.45, 7) is 6.73. The first-order valence-electron chi connectivity index (χ1n) is 8.47. The van der Waals surface area contributed by atoms with Crippen LogP contribution in [0.2, 0.25) is 0 Å². The Kier molecular flexibility index (Phi) is 4.00. The van der Waals surface area contributed by atoms with Gasteiger partial charge in [-0.1, -0.05) is 31.9 Å². The van der Waals surface area contributed by atoms with Gasteiger partial charge in [0.1, 0.15) is 11.4 Å². The van der Waals surface area contributed by atoms with Crippen molar-refractivity contribution in [2.75, 3.05) is 0 Å². The van der Waals surface area contributed by atoms with Crippen LogP contribution in [0.4, 0.5) is 0 Å². The molecule has 21 heavy (non-hydrogen) atoms. The highest BCUT2D eigenvalue weighted by Crippen LogP contribution is 2.47. The standard InChI is InChI=1S/C19H28O2/c1-13(2)15-5-4-9-19(10-8-15)12-17(20)16-11-14(3)6-7-18(16)21-19/h6-7,11,13,15,17,20H,4-5,8-10,12H2,1-3H3/t15?,17-,19?/m0/s1. The van der Waals surface area contributed by atoms with Crippen LogP contribution >= 0.6 is 0 Å². The average Bonchev–Trinajstić information content (AvgIpc) is 2.63. The van der Waals surface area contributed by atoms with Crippen molar-refractivity contribution in [1.82, 2.24) is 0 Å². The molecule has 1 saturated carbocycles. The predicted molar refractivity (Wildman–Crippen MR) is 85.5 cm³/mol. The number of fused-ring (bicyclic) bond motifs is 1. The molecule has 1 aromatic carbocycles. The maximum absolute atomic E-state index is 10.6. The maximum atomic E-state index is 10.6. The second-order valence-corrected chi connectivity index (χ2v) is 7.48. The first kappa shape index (κ1) is 14.9. The summed E-state index contributed by atoms with van der Waals surface area (Å²) in [7, 11) is 0. The van der Waals surface area contributed by atoms with Gasteiger partial charge in [0.25, 0.3) is 0 Å². The maximum Gasteiger partial charge on any atom is 0.125 e. The fourth-order valence-electron chi connectivity index (χ4n) is 4.14. The molecule has 1 aliphatic heterocycles. The second-order valence-electron chi connectivity index (χ2n) is 7.48. The summed E-state index contributed by atoms with van der Waals surface area (Å²) in [4.78, 5) is 0. The number of hydrogen-bond donors (Lipinski definition) is 1. The first-order chi connectivity index (χ1) is 9.99. The monoisotopic (exact) mass is 288 g/mol. The molecule has 1 aromatic rings. The Bertz CT molecular complexity index is 508. The second kappa shape index (κ2) is 5.64. The number of aliphatic hydroxyl groups is 1. The molecule has 1 spiro atoms. The molecule has 3 rings (SSSR count). The first-order valence-corrected chi connectivity index (χ1v) is 8.47. The average molecular weight is 288 g/mol. The molecule has 1 N–H and O–H groups in total. The van der Waals surface area contributed by atoms with Crippen LogP contribution in [0.1, 0.15) is 69.6 Å². The highest BCUT2D eigenvalue weighted by Gasteiger charge is 2.41. The van der Waals surface area contributed by atoms with Crippen LogP contribution in [0.25, 0.3) is 0 Å². The molecule has 2 nitrogen and oxygen atoms in total. The molecular formula is C19H28O2. The van der Waals surface area contributed by atoms with Gasteiger partial charge in [0.15, 0.2) is 0 Å². The van der Waals surface area contributed by atoms with E-state index in [0.717, 1.165) is 42.4 Å². The van der Waals surface area contributed by atoms with Gasteiger partial charge in [0, 0.05) is 12.0 Å². The van der Waals surface area contributed by atoms with E-state index >= 15 is 0 Å². The van der Waals surface area contributed by atoms with Gasteiger partial charge < -0.3 is 9.84 Å². The lowest BCUT2D eigenvalue weighted by Gasteiger charge is -2.40. The zero-order valence-electron chi connectivity index (χ0n) is 13.6. The Balaban J connectivity index is 1.82. The summed E-state index contributed by atoms with van der Waals surface area (Å²) in [5.74, 6) is 2.47. The molecule has 0 amide bonds. The topological polar surface area (TPSA) is 29.5 Å². The lowest BCUT2D eigenvalue weighted by atomic mass is 9.82. The molecule has 116 valence electrons. The van der Waals surface area contributed by atoms with E-state index in [2.05, 4.69) is 32.9 Å². The van der Waals surface area contributed by atoms with Crippen LogP contribution in [0, 0.1) is 18.8 Å². The number of aliphatic hydroxyl groups excluding tert-OH is 1. The Labute approximate surface area is 128 Å². The zero-order chi connectivity index (χ0) is 15.0. The Morgan fingerprint density at radius 1 is 1.24 bits per heavy atom. The Morgan fingerprint density at radius 3 is 2.81 bits per heavy atom. The Hall–Kier alpha value is -1.02. The molecule has 2 aliphatic rings. The SMILES string of the molecule is Cc1ccc2c(c1)[C@@H](O)CC1(CCCC(C(C)C)CC1)O2. The van der Waals surface area contributed by atoms with E-state index in [1.54, 1.807) is 0 Å². The third-order valence-corrected chi connectivity index (χ3v) is 5.54. The molecule has 1 fully saturated rings. The third-order valence-electron chi connectivity index (χ3n) is 5.54. The highest BCUT2D eigenvalue weighted by molar-refractivity contribution is 5.40. The predicted octanol–water partition coefficient (Wildman–Crippen LogP) is 4.79. The van der Waals surface area contributed by atoms with Gasteiger partial charge in [-0.2, -0.15) is 0 Å². The van der Waals surface area contributed by atoms with E-state index in [9.17, 15) is 5.11 Å². The van der Waals surface area contributed by atoms with Crippen LogP contribution in [0.15, 0.2) is 18.2 Å². The van der Waals surface area contributed by atoms with E-state index in [4.69, 9.17) is 4.74 Å². The van der Waals surface area contributed by atoms with Gasteiger partial charge in [-0.15, -0.1) is 0 Å². The number of benzene rings is 1. The lowest BCUT2D eigenvalue weighted by molar-refractivity contribution is -0.0254. The normalized spacial score (nSPS) is 32.6. The van der Waals surface area contributed by atoms with Gasteiger partial charge in [-0.3, -0.25) is 0 Å². The minimum Gasteiger partial charge on any atom is -0.487 e. The van der Waals surface area contributed by atoms with Crippen LogP contribution in [0.5, 0.6) is 5.75 Å². The summed E-state index contributed by atoms with van der Waals surface area (Å²) in [5.41, 5.74) is 2.03. The molecule has 0 bridgehead atoms. The summed E-state index contributed by atoms with van der Waals surface area (Å²) in [5, 5.41) is 10.6. The highest BCUT2D eigenvalue weighted by atomic mass is 16.5. The summed E-state index contributed by atoms with van der Waals surface area (Å²) in [6, 6.07) is 6.19. The van der Waals surface area contributed by atoms with Crippen LogP contribution in [-0.4, -0.2) is 10.7 Å². The molecule has 0 aromatic heterocycles. The molecule has 2 heteroatoms. The van der Waals surface area contributed by atoms with Gasteiger partial charge >= 0.3 is 0 Å². The molecular weight excluding hydrogens is 260 g/mol. The van der Waals surface area contributed by atoms with Crippen LogP contribution in [-0.2, 0) is 0 Å². The molecule has 1 aliphatic carbocycles. The molecule has 1 heterocycles. The van der Waals surface area contributed by atoms with E-state index in [-0.39, 0.29) is 11.7 Å². The van der Waals surface area contributed by atoms with Gasteiger partial charge in [-0.25, -0.2) is 0 Å². The molecule has 0 saturated heterocycles. The van der Waals surface area contributed by atoms with Crippen LogP contribution < -0.4 is 4.74 Å². The number of aryl methyl sites for hydroxylation is 1. The van der Waals surface area contributed by atoms with E-state index < -0.39 is 0 Å². The number of rotatable bonds is 1. The van der Waals surface area contributed by atoms with Gasteiger partial charge in [0.05, 0.1) is 6.10 Å². The quantitative estimate of drug-likeness (QED) is 0.805. The van der Waals surface area contributed by atoms with E-state index in [1.165, 1.54) is 24.8 Å². The van der Waals surface area contributed by atoms with Crippen molar-refractivity contribution >= 4 is 0 Å². The van der Waals surface area contributed by atoms with E-state index in [0.29, 0.717) is 0 Å². The van der Waals surface area contributed by atoms with Gasteiger partial charge in [0.2, 0.25) is 0 Å². The number of ether oxygens (including phenoxy) is 1. The largest absolute Gasteiger partial charge is 0.487 e. The van der Waals surface area contributed by atoms with Gasteiger partial charge in [-0.05, 0) is 56.6 Å². The summed E-state index contributed by atoms with van der Waals surface area (Å²) in [6.07, 6.45) is 6.31. The minimum absolute atomic E-state index is 0.134. The minimum atomic E-state index is -0.371.